The summed E-state index contributed by atoms with van der Waals surface area (Å²) < 4.78 is 38.7. The fourth-order valence-electron chi connectivity index (χ4n) is 4.18. The first-order valence-electron chi connectivity index (χ1n) is 10.5. The van der Waals surface area contributed by atoms with Gasteiger partial charge in [0.05, 0.1) is 34.9 Å². The van der Waals surface area contributed by atoms with Crippen molar-refractivity contribution in [1.82, 2.24) is 19.9 Å². The SMILES string of the molecule is C[C@@H](CC(=O)c1ccc2c(n1)N(C(=O)Nc1ncc3[nH]ccc3n1)[C@H]1CCN2C1)C(F)(F)F. The molecule has 1 saturated heterocycles. The van der Waals surface area contributed by atoms with Crippen LogP contribution in [0.15, 0.2) is 30.6 Å². The van der Waals surface area contributed by atoms with E-state index in [1.165, 1.54) is 11.0 Å². The summed E-state index contributed by atoms with van der Waals surface area (Å²) in [5.74, 6) is -2.16. The van der Waals surface area contributed by atoms with Gasteiger partial charge in [0.1, 0.15) is 5.69 Å². The van der Waals surface area contributed by atoms with Gasteiger partial charge in [-0.25, -0.2) is 19.7 Å². The van der Waals surface area contributed by atoms with Crippen LogP contribution in [0.5, 0.6) is 0 Å². The number of halogens is 3. The number of carbonyl (C=O) groups excluding carboxylic acids is 2. The number of alkyl halides is 3. The molecule has 3 aromatic rings. The topological polar surface area (TPSA) is 107 Å². The Balaban J connectivity index is 1.43. The summed E-state index contributed by atoms with van der Waals surface area (Å²) in [5.41, 5.74) is 1.91. The van der Waals surface area contributed by atoms with E-state index in [9.17, 15) is 22.8 Å². The molecule has 2 amide bonds. The number of H-pyrrole nitrogens is 1. The Hall–Kier alpha value is -3.70. The first-order valence-corrected chi connectivity index (χ1v) is 10.5. The lowest BCUT2D eigenvalue weighted by Gasteiger charge is -2.35. The highest BCUT2D eigenvalue weighted by Gasteiger charge is 2.41. The van der Waals surface area contributed by atoms with Crippen LogP contribution in [0.4, 0.5) is 35.4 Å². The number of hydrogen-bond donors (Lipinski definition) is 2. The third kappa shape index (κ3) is 3.85. The molecule has 0 spiro atoms. The first kappa shape index (κ1) is 21.2. The summed E-state index contributed by atoms with van der Waals surface area (Å²) in [4.78, 5) is 45.0. The third-order valence-corrected chi connectivity index (χ3v) is 6.02. The molecule has 0 aromatic carbocycles. The Morgan fingerprint density at radius 1 is 1.27 bits per heavy atom. The summed E-state index contributed by atoms with van der Waals surface area (Å²) >= 11 is 0. The smallest absolute Gasteiger partial charge is 0.366 e. The molecule has 2 N–H and O–H groups in total. The predicted molar refractivity (Wildman–Crippen MR) is 114 cm³/mol. The lowest BCUT2D eigenvalue weighted by atomic mass is 10.0. The van der Waals surface area contributed by atoms with E-state index in [1.54, 1.807) is 24.5 Å². The molecule has 0 unspecified atom stereocenters. The minimum atomic E-state index is -4.47. The molecular formula is C21H20F3N7O2. The van der Waals surface area contributed by atoms with Crippen molar-refractivity contribution < 1.29 is 22.8 Å². The highest BCUT2D eigenvalue weighted by molar-refractivity contribution is 6.05. The molecule has 0 aliphatic carbocycles. The second-order valence-electron chi connectivity index (χ2n) is 8.27. The van der Waals surface area contributed by atoms with Gasteiger partial charge >= 0.3 is 12.2 Å². The Bertz CT molecular complexity index is 1240. The number of nitrogens with zero attached hydrogens (tertiary/aromatic N) is 5. The molecule has 0 saturated carbocycles. The molecule has 2 aliphatic rings. The van der Waals surface area contributed by atoms with Crippen LogP contribution in [0.1, 0.15) is 30.3 Å². The summed E-state index contributed by atoms with van der Waals surface area (Å²) in [6, 6.07) is 4.10. The molecule has 5 heterocycles. The van der Waals surface area contributed by atoms with Crippen molar-refractivity contribution in [2.45, 2.75) is 32.0 Å². The first-order chi connectivity index (χ1) is 15.7. The molecule has 0 radical (unpaired) electrons. The zero-order valence-corrected chi connectivity index (χ0v) is 17.6. The molecule has 2 atom stereocenters. The zero-order valence-electron chi connectivity index (χ0n) is 17.6. The predicted octanol–water partition coefficient (Wildman–Crippen LogP) is 3.75. The van der Waals surface area contributed by atoms with Crippen LogP contribution in [-0.4, -0.2) is 57.1 Å². The van der Waals surface area contributed by atoms with Gasteiger partial charge in [-0.2, -0.15) is 13.2 Å². The molecule has 1 fully saturated rings. The van der Waals surface area contributed by atoms with E-state index in [-0.39, 0.29) is 23.5 Å². The second-order valence-corrected chi connectivity index (χ2v) is 8.27. The summed E-state index contributed by atoms with van der Waals surface area (Å²) in [7, 11) is 0. The van der Waals surface area contributed by atoms with Crippen molar-refractivity contribution in [3.8, 4) is 0 Å². The van der Waals surface area contributed by atoms with Gasteiger partial charge in [0, 0.05) is 25.7 Å². The molecule has 33 heavy (non-hydrogen) atoms. The Morgan fingerprint density at radius 3 is 2.88 bits per heavy atom. The van der Waals surface area contributed by atoms with Crippen molar-refractivity contribution in [2.75, 3.05) is 28.2 Å². The van der Waals surface area contributed by atoms with Gasteiger partial charge in [0.15, 0.2) is 11.6 Å². The summed E-state index contributed by atoms with van der Waals surface area (Å²) in [6.07, 6.45) is -1.23. The fourth-order valence-corrected chi connectivity index (χ4v) is 4.18. The highest BCUT2D eigenvalue weighted by atomic mass is 19.4. The molecule has 9 nitrogen and oxygen atoms in total. The number of pyridine rings is 1. The summed E-state index contributed by atoms with van der Waals surface area (Å²) in [6.45, 7) is 2.26. The van der Waals surface area contributed by atoms with Crippen LogP contribution in [-0.2, 0) is 0 Å². The average Bonchev–Trinajstić information content (AvgIpc) is 3.40. The number of fused-ring (bicyclic) bond motifs is 5. The van der Waals surface area contributed by atoms with E-state index >= 15 is 0 Å². The van der Waals surface area contributed by atoms with Crippen LogP contribution < -0.4 is 15.1 Å². The molecule has 2 bridgehead atoms. The molecule has 2 aliphatic heterocycles. The fraction of sp³-hybridized carbons (Fsp3) is 0.381. The lowest BCUT2D eigenvalue weighted by molar-refractivity contribution is -0.168. The van der Waals surface area contributed by atoms with Crippen molar-refractivity contribution in [3.63, 3.8) is 0 Å². The van der Waals surface area contributed by atoms with Crippen molar-refractivity contribution in [2.24, 2.45) is 5.92 Å². The van der Waals surface area contributed by atoms with Crippen LogP contribution in [0.25, 0.3) is 11.0 Å². The maximum Gasteiger partial charge on any atom is 0.391 e. The van der Waals surface area contributed by atoms with E-state index in [4.69, 9.17) is 0 Å². The van der Waals surface area contributed by atoms with E-state index < -0.39 is 30.3 Å². The van der Waals surface area contributed by atoms with E-state index in [2.05, 4.69) is 25.3 Å². The number of hydrogen-bond acceptors (Lipinski definition) is 6. The molecular weight excluding hydrogens is 439 g/mol. The number of nitrogens with one attached hydrogen (secondary N) is 2. The second kappa shape index (κ2) is 7.71. The van der Waals surface area contributed by atoms with Gasteiger partial charge in [0.2, 0.25) is 5.95 Å². The largest absolute Gasteiger partial charge is 0.391 e. The average molecular weight is 459 g/mol. The Labute approximate surface area is 186 Å². The third-order valence-electron chi connectivity index (χ3n) is 6.02. The number of carbonyl (C=O) groups is 2. The lowest BCUT2D eigenvalue weighted by Crippen LogP contribution is -2.48. The van der Waals surface area contributed by atoms with Gasteiger partial charge in [-0.15, -0.1) is 0 Å². The molecule has 172 valence electrons. The van der Waals surface area contributed by atoms with Gasteiger partial charge in [-0.3, -0.25) is 15.0 Å². The van der Waals surface area contributed by atoms with Crippen molar-refractivity contribution >= 4 is 40.3 Å². The van der Waals surface area contributed by atoms with Gasteiger partial charge < -0.3 is 9.88 Å². The van der Waals surface area contributed by atoms with Crippen LogP contribution in [0.2, 0.25) is 0 Å². The van der Waals surface area contributed by atoms with Crippen LogP contribution in [0.3, 0.4) is 0 Å². The Morgan fingerprint density at radius 2 is 2.09 bits per heavy atom. The minimum absolute atomic E-state index is 0.102. The molecule has 5 rings (SSSR count). The highest BCUT2D eigenvalue weighted by Crippen LogP contribution is 2.39. The number of aromatic nitrogens is 4. The number of urea groups is 1. The van der Waals surface area contributed by atoms with Gasteiger partial charge in [-0.1, -0.05) is 6.92 Å². The maximum atomic E-state index is 13.2. The standard InChI is InChI=1S/C21H20F3N7O2/c1-11(21(22,23)24)8-17(32)14-2-3-16-18(27-14)31(12-5-7-30(16)10-12)20(33)29-19-26-9-15-13(28-19)4-6-25-15/h2-4,6,9,11-12,25H,5,7-8,10H2,1H3,(H,26,28,29,33)/t11-,12-/m0/s1. The summed E-state index contributed by atoms with van der Waals surface area (Å²) in [5, 5.41) is 2.68. The van der Waals surface area contributed by atoms with Crippen LogP contribution in [0, 0.1) is 5.92 Å². The number of rotatable bonds is 4. The van der Waals surface area contributed by atoms with E-state index in [0.29, 0.717) is 30.7 Å². The maximum absolute atomic E-state index is 13.2. The van der Waals surface area contributed by atoms with E-state index in [1.807, 2.05) is 4.90 Å². The Kier molecular flexibility index (Phi) is 4.94. The minimum Gasteiger partial charge on any atom is -0.366 e. The van der Waals surface area contributed by atoms with Crippen molar-refractivity contribution in [3.05, 3.63) is 36.3 Å². The van der Waals surface area contributed by atoms with Gasteiger partial charge in [-0.05, 0) is 24.6 Å². The monoisotopic (exact) mass is 459 g/mol. The normalized spacial score (nSPS) is 18.4. The van der Waals surface area contributed by atoms with Gasteiger partial charge in [0.25, 0.3) is 0 Å². The number of ketones is 1. The van der Waals surface area contributed by atoms with Crippen LogP contribution >= 0.6 is 0 Å². The molecule has 12 heteroatoms. The number of Topliss-reactive ketones (excluding diaryl/α,β-unsaturated/α-hetero) is 1. The number of anilines is 3. The van der Waals surface area contributed by atoms with Crippen molar-refractivity contribution in [1.29, 1.82) is 0 Å². The zero-order chi connectivity index (χ0) is 23.3. The quantitative estimate of drug-likeness (QED) is 0.576. The molecule has 3 aromatic heterocycles. The van der Waals surface area contributed by atoms with E-state index in [0.717, 1.165) is 12.4 Å². The number of amides is 2. The number of aromatic amines is 1.